The molecule has 0 bridgehead atoms. The highest BCUT2D eigenvalue weighted by atomic mass is 19.1. The van der Waals surface area contributed by atoms with Gasteiger partial charge in [0.2, 0.25) is 0 Å². The molecule has 1 aromatic heterocycles. The van der Waals surface area contributed by atoms with Gasteiger partial charge in [-0.3, -0.25) is 4.68 Å². The monoisotopic (exact) mass is 247 g/mol. The van der Waals surface area contributed by atoms with Gasteiger partial charge in [0, 0.05) is 17.6 Å². The number of rotatable bonds is 3. The largest absolute Gasteiger partial charge is 0.323 e. The van der Waals surface area contributed by atoms with E-state index in [-0.39, 0.29) is 17.9 Å². The average molecular weight is 247 g/mol. The van der Waals surface area contributed by atoms with Crippen molar-refractivity contribution in [1.29, 1.82) is 0 Å². The van der Waals surface area contributed by atoms with Gasteiger partial charge in [-0.2, -0.15) is 5.10 Å². The van der Waals surface area contributed by atoms with Crippen molar-refractivity contribution in [3.05, 3.63) is 41.8 Å². The summed E-state index contributed by atoms with van der Waals surface area (Å²) in [5.41, 5.74) is 7.96. The molecular formula is C14H18FN3. The van der Waals surface area contributed by atoms with Crippen LogP contribution in [0.4, 0.5) is 4.39 Å². The molecule has 18 heavy (non-hydrogen) atoms. The first-order chi connectivity index (χ1) is 8.50. The van der Waals surface area contributed by atoms with E-state index >= 15 is 0 Å². The Balaban J connectivity index is 2.59. The lowest BCUT2D eigenvalue weighted by molar-refractivity contribution is 0.524. The minimum absolute atomic E-state index is 0.157. The second-order valence-electron chi connectivity index (χ2n) is 4.76. The van der Waals surface area contributed by atoms with Crippen LogP contribution in [0, 0.1) is 5.82 Å². The minimum Gasteiger partial charge on any atom is -0.323 e. The van der Waals surface area contributed by atoms with Crippen LogP contribution in [0.25, 0.3) is 11.3 Å². The van der Waals surface area contributed by atoms with E-state index in [1.165, 1.54) is 6.07 Å². The standard InChI is InChI=1S/C14H18FN3/c1-9(2)18-14(8-13(17-18)10(3)16)11-6-4-5-7-12(11)15/h4-10H,16H2,1-3H3. The van der Waals surface area contributed by atoms with Crippen LogP contribution < -0.4 is 5.73 Å². The molecule has 1 aromatic carbocycles. The Kier molecular flexibility index (Phi) is 3.48. The summed E-state index contributed by atoms with van der Waals surface area (Å²) in [6, 6.07) is 8.59. The maximum atomic E-state index is 13.9. The van der Waals surface area contributed by atoms with Crippen molar-refractivity contribution in [3.63, 3.8) is 0 Å². The molecule has 0 amide bonds. The van der Waals surface area contributed by atoms with E-state index in [1.54, 1.807) is 12.1 Å². The van der Waals surface area contributed by atoms with Crippen LogP contribution in [0.15, 0.2) is 30.3 Å². The summed E-state index contributed by atoms with van der Waals surface area (Å²) < 4.78 is 15.7. The van der Waals surface area contributed by atoms with Crippen LogP contribution in [0.5, 0.6) is 0 Å². The van der Waals surface area contributed by atoms with E-state index in [2.05, 4.69) is 5.10 Å². The first-order valence-corrected chi connectivity index (χ1v) is 6.10. The molecule has 96 valence electrons. The highest BCUT2D eigenvalue weighted by Crippen LogP contribution is 2.27. The topological polar surface area (TPSA) is 43.8 Å². The van der Waals surface area contributed by atoms with E-state index in [1.807, 2.05) is 37.6 Å². The second-order valence-corrected chi connectivity index (χ2v) is 4.76. The van der Waals surface area contributed by atoms with Crippen LogP contribution in [0.3, 0.4) is 0 Å². The van der Waals surface area contributed by atoms with E-state index in [0.29, 0.717) is 5.56 Å². The Bertz CT molecular complexity index is 544. The Labute approximate surface area is 106 Å². The zero-order chi connectivity index (χ0) is 13.3. The van der Waals surface area contributed by atoms with Crippen LogP contribution in [0.2, 0.25) is 0 Å². The van der Waals surface area contributed by atoms with Gasteiger partial charge in [0.1, 0.15) is 5.82 Å². The molecule has 1 atom stereocenters. The second kappa shape index (κ2) is 4.90. The fraction of sp³-hybridized carbons (Fsp3) is 0.357. The van der Waals surface area contributed by atoms with E-state index in [9.17, 15) is 4.39 Å². The Morgan fingerprint density at radius 2 is 1.89 bits per heavy atom. The number of nitrogens with zero attached hydrogens (tertiary/aromatic N) is 2. The number of halogens is 1. The van der Waals surface area contributed by atoms with Gasteiger partial charge < -0.3 is 5.73 Å². The maximum Gasteiger partial charge on any atom is 0.132 e. The van der Waals surface area contributed by atoms with Gasteiger partial charge in [-0.15, -0.1) is 0 Å². The first kappa shape index (κ1) is 12.8. The molecule has 2 N–H and O–H groups in total. The van der Waals surface area contributed by atoms with E-state index in [0.717, 1.165) is 11.4 Å². The molecule has 2 aromatic rings. The predicted octanol–water partition coefficient (Wildman–Crippen LogP) is 3.29. The molecule has 0 saturated heterocycles. The van der Waals surface area contributed by atoms with Crippen molar-refractivity contribution in [1.82, 2.24) is 9.78 Å². The van der Waals surface area contributed by atoms with Crippen LogP contribution >= 0.6 is 0 Å². The lowest BCUT2D eigenvalue weighted by Gasteiger charge is -2.11. The zero-order valence-electron chi connectivity index (χ0n) is 10.9. The van der Waals surface area contributed by atoms with Gasteiger partial charge in [0.25, 0.3) is 0 Å². The smallest absolute Gasteiger partial charge is 0.132 e. The molecule has 1 unspecified atom stereocenters. The van der Waals surface area contributed by atoms with Crippen LogP contribution in [-0.4, -0.2) is 9.78 Å². The molecule has 0 aliphatic heterocycles. The summed E-state index contributed by atoms with van der Waals surface area (Å²) in [5, 5.41) is 4.45. The van der Waals surface area contributed by atoms with E-state index in [4.69, 9.17) is 5.73 Å². The van der Waals surface area contributed by atoms with Crippen LogP contribution in [0.1, 0.15) is 38.5 Å². The third-order valence-corrected chi connectivity index (χ3v) is 2.86. The minimum atomic E-state index is -0.240. The number of hydrogen-bond acceptors (Lipinski definition) is 2. The SMILES string of the molecule is CC(N)c1cc(-c2ccccc2F)n(C(C)C)n1. The van der Waals surface area contributed by atoms with Crippen LogP contribution in [-0.2, 0) is 0 Å². The maximum absolute atomic E-state index is 13.9. The van der Waals surface area contributed by atoms with Crippen molar-refractivity contribution in [2.24, 2.45) is 5.73 Å². The number of nitrogens with two attached hydrogens (primary N) is 1. The number of benzene rings is 1. The van der Waals surface area contributed by atoms with Gasteiger partial charge >= 0.3 is 0 Å². The quantitative estimate of drug-likeness (QED) is 0.904. The average Bonchev–Trinajstić information content (AvgIpc) is 2.74. The summed E-state index contributed by atoms with van der Waals surface area (Å²) in [6.45, 7) is 5.91. The molecule has 0 fully saturated rings. The highest BCUT2D eigenvalue weighted by molar-refractivity contribution is 5.61. The third-order valence-electron chi connectivity index (χ3n) is 2.86. The fourth-order valence-electron chi connectivity index (χ4n) is 1.90. The van der Waals surface area contributed by atoms with Gasteiger partial charge in [0.15, 0.2) is 0 Å². The summed E-state index contributed by atoms with van der Waals surface area (Å²) in [5.74, 6) is -0.240. The van der Waals surface area contributed by atoms with Gasteiger partial charge in [-0.05, 0) is 39.0 Å². The van der Waals surface area contributed by atoms with E-state index < -0.39 is 0 Å². The van der Waals surface area contributed by atoms with Crippen molar-refractivity contribution in [3.8, 4) is 11.3 Å². The summed E-state index contributed by atoms with van der Waals surface area (Å²) in [4.78, 5) is 0. The molecule has 0 saturated carbocycles. The highest BCUT2D eigenvalue weighted by Gasteiger charge is 2.16. The van der Waals surface area contributed by atoms with Crippen molar-refractivity contribution < 1.29 is 4.39 Å². The fourth-order valence-corrected chi connectivity index (χ4v) is 1.90. The van der Waals surface area contributed by atoms with Gasteiger partial charge in [-0.25, -0.2) is 4.39 Å². The zero-order valence-corrected chi connectivity index (χ0v) is 10.9. The summed E-state index contributed by atoms with van der Waals surface area (Å²) in [6.07, 6.45) is 0. The lowest BCUT2D eigenvalue weighted by Crippen LogP contribution is -2.09. The Hall–Kier alpha value is -1.68. The molecule has 0 spiro atoms. The summed E-state index contributed by atoms with van der Waals surface area (Å²) in [7, 11) is 0. The Morgan fingerprint density at radius 3 is 2.44 bits per heavy atom. The number of hydrogen-bond donors (Lipinski definition) is 1. The number of aromatic nitrogens is 2. The summed E-state index contributed by atoms with van der Waals surface area (Å²) >= 11 is 0. The molecule has 1 heterocycles. The normalized spacial score (nSPS) is 13.0. The third kappa shape index (κ3) is 2.29. The molecule has 0 aliphatic carbocycles. The first-order valence-electron chi connectivity index (χ1n) is 6.10. The lowest BCUT2D eigenvalue weighted by atomic mass is 10.1. The van der Waals surface area contributed by atoms with Gasteiger partial charge in [-0.1, -0.05) is 12.1 Å². The van der Waals surface area contributed by atoms with Crippen molar-refractivity contribution >= 4 is 0 Å². The molecule has 4 heteroatoms. The van der Waals surface area contributed by atoms with Gasteiger partial charge in [0.05, 0.1) is 11.4 Å². The molecular weight excluding hydrogens is 229 g/mol. The predicted molar refractivity (Wildman–Crippen MR) is 70.6 cm³/mol. The Morgan fingerprint density at radius 1 is 1.22 bits per heavy atom. The van der Waals surface area contributed by atoms with Crippen molar-refractivity contribution in [2.75, 3.05) is 0 Å². The molecule has 0 radical (unpaired) electrons. The molecule has 2 rings (SSSR count). The molecule has 3 nitrogen and oxygen atoms in total. The van der Waals surface area contributed by atoms with Crippen molar-refractivity contribution in [2.45, 2.75) is 32.9 Å². The molecule has 0 aliphatic rings.